The summed E-state index contributed by atoms with van der Waals surface area (Å²) in [7, 11) is 0. The highest BCUT2D eigenvalue weighted by Crippen LogP contribution is 2.21. The molecule has 1 amide bonds. The van der Waals surface area contributed by atoms with Gasteiger partial charge in [-0.15, -0.1) is 0 Å². The first-order valence-corrected chi connectivity index (χ1v) is 3.02. The third-order valence-electron chi connectivity index (χ3n) is 1.59. The van der Waals surface area contributed by atoms with Gasteiger partial charge in [0.15, 0.2) is 0 Å². The van der Waals surface area contributed by atoms with E-state index in [1.54, 1.807) is 0 Å². The van der Waals surface area contributed by atoms with Crippen LogP contribution in [-0.4, -0.2) is 5.91 Å². The van der Waals surface area contributed by atoms with Gasteiger partial charge in [-0.1, -0.05) is 0 Å². The van der Waals surface area contributed by atoms with Crippen molar-refractivity contribution in [2.75, 3.05) is 0 Å². The van der Waals surface area contributed by atoms with Gasteiger partial charge in [0.2, 0.25) is 0 Å². The van der Waals surface area contributed by atoms with E-state index in [1.807, 2.05) is 0 Å². The van der Waals surface area contributed by atoms with Gasteiger partial charge in [-0.05, 0) is 6.08 Å². The molecule has 0 fully saturated rings. The van der Waals surface area contributed by atoms with Crippen LogP contribution in [0.15, 0.2) is 23.2 Å². The molecule has 1 atom stereocenters. The number of amides is 1. The van der Waals surface area contributed by atoms with Crippen LogP contribution in [0.4, 0.5) is 0 Å². The molecule has 0 aliphatic heterocycles. The van der Waals surface area contributed by atoms with E-state index in [0.29, 0.717) is 0 Å². The van der Waals surface area contributed by atoms with Gasteiger partial charge in [0, 0.05) is 0 Å². The van der Waals surface area contributed by atoms with Gasteiger partial charge in [-0.3, -0.25) is 10.5 Å². The highest BCUT2D eigenvalue weighted by Gasteiger charge is 2.25. The Balaban J connectivity index is 3.01. The molecule has 0 aromatic carbocycles. The van der Waals surface area contributed by atoms with Gasteiger partial charge in [-0.25, -0.2) is 0 Å². The third kappa shape index (κ3) is 1.000. The lowest BCUT2D eigenvalue weighted by Gasteiger charge is -2.02. The first-order valence-electron chi connectivity index (χ1n) is 3.02. The van der Waals surface area contributed by atoms with Crippen LogP contribution in [0.5, 0.6) is 0 Å². The zero-order valence-electron chi connectivity index (χ0n) is 5.79. The smallest absolute Gasteiger partial charge is 0.251 e. The SMILES string of the molecule is [NH]C(=O)C1C=C(N)C(N)=C1N. The van der Waals surface area contributed by atoms with E-state index >= 15 is 0 Å². The average molecular weight is 153 g/mol. The second-order valence-corrected chi connectivity index (χ2v) is 2.33. The summed E-state index contributed by atoms with van der Waals surface area (Å²) >= 11 is 0. The molecule has 0 heterocycles. The van der Waals surface area contributed by atoms with Gasteiger partial charge >= 0.3 is 0 Å². The van der Waals surface area contributed by atoms with Crippen LogP contribution in [0.2, 0.25) is 0 Å². The van der Waals surface area contributed by atoms with Crippen molar-refractivity contribution in [1.29, 1.82) is 0 Å². The molecule has 0 spiro atoms. The Kier molecular flexibility index (Phi) is 1.48. The maximum atomic E-state index is 10.5. The van der Waals surface area contributed by atoms with Crippen LogP contribution in [0.3, 0.4) is 0 Å². The van der Waals surface area contributed by atoms with Gasteiger partial charge in [-0.2, -0.15) is 0 Å². The van der Waals surface area contributed by atoms with Crippen LogP contribution >= 0.6 is 0 Å². The summed E-state index contributed by atoms with van der Waals surface area (Å²) in [5.41, 5.74) is 23.6. The molecule has 1 unspecified atom stereocenters. The molecule has 7 N–H and O–H groups in total. The first kappa shape index (κ1) is 7.46. The molecule has 0 aromatic heterocycles. The minimum Gasteiger partial charge on any atom is -0.399 e. The highest BCUT2D eigenvalue weighted by atomic mass is 16.1. The Morgan fingerprint density at radius 1 is 1.45 bits per heavy atom. The number of nitrogens with one attached hydrogen (secondary N) is 1. The quantitative estimate of drug-likeness (QED) is 0.420. The molecule has 1 radical (unpaired) electrons. The molecule has 59 valence electrons. The fourth-order valence-electron chi connectivity index (χ4n) is 0.910. The van der Waals surface area contributed by atoms with E-state index in [2.05, 4.69) is 0 Å². The lowest BCUT2D eigenvalue weighted by Crippen LogP contribution is -2.20. The number of rotatable bonds is 1. The monoisotopic (exact) mass is 153 g/mol. The van der Waals surface area contributed by atoms with Crippen molar-refractivity contribution >= 4 is 5.91 Å². The summed E-state index contributed by atoms with van der Waals surface area (Å²) in [5, 5.41) is 0. The van der Waals surface area contributed by atoms with Crippen molar-refractivity contribution in [3.63, 3.8) is 0 Å². The van der Waals surface area contributed by atoms with Gasteiger partial charge in [0.1, 0.15) is 5.92 Å². The second-order valence-electron chi connectivity index (χ2n) is 2.33. The molecule has 1 aliphatic rings. The molecule has 0 bridgehead atoms. The van der Waals surface area contributed by atoms with Crippen LogP contribution in [-0.2, 0) is 4.79 Å². The van der Waals surface area contributed by atoms with E-state index in [0.717, 1.165) is 0 Å². The lowest BCUT2D eigenvalue weighted by molar-refractivity contribution is -0.120. The van der Waals surface area contributed by atoms with Crippen molar-refractivity contribution in [2.45, 2.75) is 0 Å². The molecule has 5 nitrogen and oxygen atoms in total. The fourth-order valence-corrected chi connectivity index (χ4v) is 0.910. The van der Waals surface area contributed by atoms with Crippen LogP contribution < -0.4 is 22.9 Å². The summed E-state index contributed by atoms with van der Waals surface area (Å²) in [4.78, 5) is 10.5. The summed E-state index contributed by atoms with van der Waals surface area (Å²) in [6, 6.07) is 0. The van der Waals surface area contributed by atoms with Crippen molar-refractivity contribution in [1.82, 2.24) is 5.73 Å². The van der Waals surface area contributed by atoms with E-state index in [4.69, 9.17) is 22.9 Å². The summed E-state index contributed by atoms with van der Waals surface area (Å²) < 4.78 is 0. The average Bonchev–Trinajstić information content (AvgIpc) is 2.17. The molecule has 0 saturated heterocycles. The zero-order valence-corrected chi connectivity index (χ0v) is 5.79. The minimum atomic E-state index is -0.786. The van der Waals surface area contributed by atoms with E-state index in [9.17, 15) is 4.79 Å². The van der Waals surface area contributed by atoms with E-state index < -0.39 is 11.8 Å². The second kappa shape index (κ2) is 2.19. The highest BCUT2D eigenvalue weighted by molar-refractivity contribution is 5.82. The molecule has 1 rings (SSSR count). The third-order valence-corrected chi connectivity index (χ3v) is 1.59. The number of carbonyl (C=O) groups is 1. The number of carbonyl (C=O) groups excluding carboxylic acids is 1. The molecule has 1 aliphatic carbocycles. The van der Waals surface area contributed by atoms with Crippen molar-refractivity contribution in [3.05, 3.63) is 23.2 Å². The van der Waals surface area contributed by atoms with Crippen molar-refractivity contribution in [2.24, 2.45) is 23.1 Å². The standard InChI is InChI=1S/C6H9N4O/c7-3-1-2(6(10)11)4(8)5(3)9/h1-2,10H,7-9H2. The maximum absolute atomic E-state index is 10.5. The number of hydrogen-bond acceptors (Lipinski definition) is 4. The van der Waals surface area contributed by atoms with Crippen LogP contribution in [0, 0.1) is 5.92 Å². The van der Waals surface area contributed by atoms with Gasteiger partial charge in [0.05, 0.1) is 17.1 Å². The summed E-state index contributed by atoms with van der Waals surface area (Å²) in [6.45, 7) is 0. The Labute approximate surface area is 63.7 Å². The van der Waals surface area contributed by atoms with Crippen LogP contribution in [0.1, 0.15) is 0 Å². The Morgan fingerprint density at radius 3 is 2.18 bits per heavy atom. The largest absolute Gasteiger partial charge is 0.399 e. The Bertz CT molecular complexity index is 266. The Hall–Kier alpha value is -1.65. The van der Waals surface area contributed by atoms with E-state index in [-0.39, 0.29) is 17.1 Å². The maximum Gasteiger partial charge on any atom is 0.251 e. The molecule has 0 saturated carbocycles. The van der Waals surface area contributed by atoms with Gasteiger partial charge in [0.25, 0.3) is 5.91 Å². The molecular weight excluding hydrogens is 144 g/mol. The Morgan fingerprint density at radius 2 is 2.00 bits per heavy atom. The van der Waals surface area contributed by atoms with E-state index in [1.165, 1.54) is 6.08 Å². The number of hydrogen-bond donors (Lipinski definition) is 3. The molecule has 5 heteroatoms. The molecular formula is C6H9N4O. The van der Waals surface area contributed by atoms with Gasteiger partial charge < -0.3 is 17.2 Å². The van der Waals surface area contributed by atoms with Crippen molar-refractivity contribution in [3.8, 4) is 0 Å². The first-order chi connectivity index (χ1) is 5.04. The fraction of sp³-hybridized carbons (Fsp3) is 0.167. The molecule has 11 heavy (non-hydrogen) atoms. The van der Waals surface area contributed by atoms with Crippen LogP contribution in [0.25, 0.3) is 0 Å². The van der Waals surface area contributed by atoms with Crippen molar-refractivity contribution < 1.29 is 4.79 Å². The normalized spacial score (nSPS) is 23.6. The predicted molar refractivity (Wildman–Crippen MR) is 39.3 cm³/mol. The summed E-state index contributed by atoms with van der Waals surface area (Å²) in [6.07, 6.45) is 1.39. The summed E-state index contributed by atoms with van der Waals surface area (Å²) in [5.74, 6) is -1.53. The minimum absolute atomic E-state index is 0.183. The predicted octanol–water partition coefficient (Wildman–Crippen LogP) is -1.60. The lowest BCUT2D eigenvalue weighted by atomic mass is 10.1. The zero-order chi connectivity index (χ0) is 8.59. The topological polar surface area (TPSA) is 119 Å². The number of nitrogens with two attached hydrogens (primary N) is 3. The molecule has 0 aromatic rings.